The number of nitro benzene ring substituents is 1. The Labute approximate surface area is 115 Å². The average Bonchev–Trinajstić information content (AvgIpc) is 2.25. The molecule has 6 nitrogen and oxygen atoms in total. The molecule has 1 aromatic rings. The Morgan fingerprint density at radius 1 is 1.53 bits per heavy atom. The van der Waals surface area contributed by atoms with Gasteiger partial charge in [0.15, 0.2) is 0 Å². The Bertz CT molecular complexity index is 511. The molecule has 1 amide bonds. The van der Waals surface area contributed by atoms with Gasteiger partial charge in [-0.3, -0.25) is 14.9 Å². The zero-order valence-electron chi connectivity index (χ0n) is 10.9. The van der Waals surface area contributed by atoms with Crippen molar-refractivity contribution in [2.75, 3.05) is 13.6 Å². The fourth-order valence-corrected chi connectivity index (χ4v) is 1.96. The Morgan fingerprint density at radius 3 is 2.58 bits per heavy atom. The minimum atomic E-state index is -1.06. The van der Waals surface area contributed by atoms with Crippen molar-refractivity contribution in [1.29, 1.82) is 0 Å². The minimum absolute atomic E-state index is 0.0441. The van der Waals surface area contributed by atoms with Crippen molar-refractivity contribution in [3.05, 3.63) is 38.9 Å². The second-order valence-corrected chi connectivity index (χ2v) is 5.25. The maximum Gasteiger partial charge on any atom is 0.288 e. The smallest absolute Gasteiger partial charge is 0.288 e. The van der Waals surface area contributed by atoms with Gasteiger partial charge in [0.05, 0.1) is 16.1 Å². The maximum absolute atomic E-state index is 12.1. The van der Waals surface area contributed by atoms with Crippen molar-refractivity contribution in [1.82, 2.24) is 4.90 Å². The molecule has 1 aromatic carbocycles. The molecule has 1 N–H and O–H groups in total. The molecular weight excluding hydrogens is 272 g/mol. The number of carbonyl (C=O) groups excluding carboxylic acids is 1. The van der Waals surface area contributed by atoms with Crippen LogP contribution in [0, 0.1) is 10.1 Å². The molecule has 0 aliphatic carbocycles. The van der Waals surface area contributed by atoms with Crippen LogP contribution in [0.15, 0.2) is 18.2 Å². The van der Waals surface area contributed by atoms with E-state index in [9.17, 15) is 20.0 Å². The summed E-state index contributed by atoms with van der Waals surface area (Å²) in [6.45, 7) is 3.21. The van der Waals surface area contributed by atoms with Gasteiger partial charge in [-0.1, -0.05) is 17.7 Å². The molecule has 0 heterocycles. The highest BCUT2D eigenvalue weighted by Gasteiger charge is 2.25. The van der Waals surface area contributed by atoms with E-state index < -0.39 is 16.4 Å². The SMILES string of the molecule is CN(CC(C)(C)O)C(=O)c1cccc([N+](=O)[O-])c1Cl. The van der Waals surface area contributed by atoms with Crippen LogP contribution in [0.3, 0.4) is 0 Å². The molecule has 0 unspecified atom stereocenters. The lowest BCUT2D eigenvalue weighted by Crippen LogP contribution is -2.39. The van der Waals surface area contributed by atoms with Gasteiger partial charge in [-0.25, -0.2) is 0 Å². The lowest BCUT2D eigenvalue weighted by molar-refractivity contribution is -0.384. The number of benzene rings is 1. The average molecular weight is 287 g/mol. The van der Waals surface area contributed by atoms with Crippen molar-refractivity contribution in [2.45, 2.75) is 19.4 Å². The van der Waals surface area contributed by atoms with E-state index in [1.54, 1.807) is 13.8 Å². The highest BCUT2D eigenvalue weighted by Crippen LogP contribution is 2.28. The third-order valence-electron chi connectivity index (χ3n) is 2.38. The molecule has 0 spiro atoms. The number of rotatable bonds is 4. The third-order valence-corrected chi connectivity index (χ3v) is 2.77. The molecule has 0 aromatic heterocycles. The van der Waals surface area contributed by atoms with Gasteiger partial charge >= 0.3 is 0 Å². The molecule has 7 heteroatoms. The largest absolute Gasteiger partial charge is 0.389 e. The summed E-state index contributed by atoms with van der Waals surface area (Å²) in [5.41, 5.74) is -1.33. The van der Waals surface area contributed by atoms with Crippen LogP contribution in [0.2, 0.25) is 5.02 Å². The second kappa shape index (κ2) is 5.54. The maximum atomic E-state index is 12.1. The van der Waals surface area contributed by atoms with E-state index in [1.165, 1.54) is 30.1 Å². The van der Waals surface area contributed by atoms with E-state index in [2.05, 4.69) is 0 Å². The first-order valence-corrected chi connectivity index (χ1v) is 5.92. The van der Waals surface area contributed by atoms with E-state index in [-0.39, 0.29) is 22.8 Å². The predicted molar refractivity (Wildman–Crippen MR) is 71.4 cm³/mol. The van der Waals surface area contributed by atoms with Gasteiger partial charge in [0, 0.05) is 19.7 Å². The zero-order valence-corrected chi connectivity index (χ0v) is 11.6. The van der Waals surface area contributed by atoms with Crippen LogP contribution in [-0.2, 0) is 0 Å². The monoisotopic (exact) mass is 286 g/mol. The summed E-state index contributed by atoms with van der Waals surface area (Å²) in [5, 5.41) is 20.2. The number of likely N-dealkylation sites (N-methyl/N-ethyl adjacent to an activating group) is 1. The number of amides is 1. The van der Waals surface area contributed by atoms with E-state index in [4.69, 9.17) is 11.6 Å². The fourth-order valence-electron chi connectivity index (χ4n) is 1.68. The van der Waals surface area contributed by atoms with E-state index in [1.807, 2.05) is 0 Å². The van der Waals surface area contributed by atoms with Crippen molar-refractivity contribution in [3.63, 3.8) is 0 Å². The zero-order chi connectivity index (χ0) is 14.8. The molecule has 0 atom stereocenters. The summed E-state index contributed by atoms with van der Waals surface area (Å²) in [7, 11) is 1.50. The minimum Gasteiger partial charge on any atom is -0.389 e. The highest BCUT2D eigenvalue weighted by atomic mass is 35.5. The predicted octanol–water partition coefficient (Wildman–Crippen LogP) is 2.09. The molecule has 0 aliphatic heterocycles. The first-order chi connectivity index (χ1) is 8.63. The Hall–Kier alpha value is -1.66. The summed E-state index contributed by atoms with van der Waals surface area (Å²) in [5.74, 6) is -0.476. The van der Waals surface area contributed by atoms with Gasteiger partial charge in [-0.05, 0) is 19.9 Å². The van der Waals surface area contributed by atoms with Gasteiger partial charge in [-0.2, -0.15) is 0 Å². The van der Waals surface area contributed by atoms with Crippen molar-refractivity contribution in [2.24, 2.45) is 0 Å². The van der Waals surface area contributed by atoms with Gasteiger partial charge in [0.25, 0.3) is 11.6 Å². The molecular formula is C12H15ClN2O4. The van der Waals surface area contributed by atoms with Crippen LogP contribution >= 0.6 is 11.6 Å². The number of nitrogens with zero attached hydrogens (tertiary/aromatic N) is 2. The molecule has 19 heavy (non-hydrogen) atoms. The van der Waals surface area contributed by atoms with Crippen LogP contribution in [-0.4, -0.2) is 40.0 Å². The molecule has 0 aliphatic rings. The molecule has 104 valence electrons. The third kappa shape index (κ3) is 3.90. The molecule has 1 rings (SSSR count). The van der Waals surface area contributed by atoms with Crippen LogP contribution in [0.25, 0.3) is 0 Å². The molecule has 0 saturated carbocycles. The topological polar surface area (TPSA) is 83.7 Å². The number of nitro groups is 1. The highest BCUT2D eigenvalue weighted by molar-refractivity contribution is 6.35. The fraction of sp³-hybridized carbons (Fsp3) is 0.417. The summed E-state index contributed by atoms with van der Waals surface area (Å²) in [6.07, 6.45) is 0. The lowest BCUT2D eigenvalue weighted by Gasteiger charge is -2.25. The van der Waals surface area contributed by atoms with Gasteiger partial charge < -0.3 is 10.0 Å². The Balaban J connectivity index is 3.07. The summed E-state index contributed by atoms with van der Waals surface area (Å²) in [6, 6.07) is 4.04. The van der Waals surface area contributed by atoms with Crippen LogP contribution in [0.5, 0.6) is 0 Å². The molecule has 0 fully saturated rings. The van der Waals surface area contributed by atoms with E-state index >= 15 is 0 Å². The quantitative estimate of drug-likeness (QED) is 0.678. The van der Waals surface area contributed by atoms with Crippen molar-refractivity contribution >= 4 is 23.2 Å². The van der Waals surface area contributed by atoms with Crippen molar-refractivity contribution < 1.29 is 14.8 Å². The Kier molecular flexibility index (Phi) is 4.49. The first kappa shape index (κ1) is 15.4. The molecule has 0 bridgehead atoms. The summed E-state index contributed by atoms with van der Waals surface area (Å²) in [4.78, 5) is 23.5. The van der Waals surface area contributed by atoms with Crippen LogP contribution < -0.4 is 0 Å². The molecule has 0 saturated heterocycles. The van der Waals surface area contributed by atoms with Crippen LogP contribution in [0.4, 0.5) is 5.69 Å². The van der Waals surface area contributed by atoms with Crippen molar-refractivity contribution in [3.8, 4) is 0 Å². The van der Waals surface area contributed by atoms with Gasteiger partial charge in [-0.15, -0.1) is 0 Å². The number of carbonyl (C=O) groups is 1. The van der Waals surface area contributed by atoms with Crippen LogP contribution in [0.1, 0.15) is 24.2 Å². The number of halogens is 1. The number of aliphatic hydroxyl groups is 1. The normalized spacial score (nSPS) is 11.2. The molecule has 0 radical (unpaired) electrons. The number of hydrogen-bond donors (Lipinski definition) is 1. The summed E-state index contributed by atoms with van der Waals surface area (Å²) >= 11 is 5.86. The summed E-state index contributed by atoms with van der Waals surface area (Å²) < 4.78 is 0. The second-order valence-electron chi connectivity index (χ2n) is 4.87. The Morgan fingerprint density at radius 2 is 2.11 bits per heavy atom. The number of hydrogen-bond acceptors (Lipinski definition) is 4. The van der Waals surface area contributed by atoms with Gasteiger partial charge in [0.2, 0.25) is 0 Å². The van der Waals surface area contributed by atoms with E-state index in [0.29, 0.717) is 0 Å². The standard InChI is InChI=1S/C12H15ClN2O4/c1-12(2,17)7-14(3)11(16)8-5-4-6-9(10(8)13)15(18)19/h4-6,17H,7H2,1-3H3. The van der Waals surface area contributed by atoms with Gasteiger partial charge in [0.1, 0.15) is 5.02 Å². The van der Waals surface area contributed by atoms with E-state index in [0.717, 1.165) is 0 Å². The lowest BCUT2D eigenvalue weighted by atomic mass is 10.1. The first-order valence-electron chi connectivity index (χ1n) is 5.54.